The molecule has 2 amide bonds. The highest BCUT2D eigenvalue weighted by Gasteiger charge is 2.42. The fourth-order valence-electron chi connectivity index (χ4n) is 1.77. The summed E-state index contributed by atoms with van der Waals surface area (Å²) in [7, 11) is 0. The molecular formula is C16H25F3N2O3. The van der Waals surface area contributed by atoms with Crippen LogP contribution in [0.3, 0.4) is 0 Å². The van der Waals surface area contributed by atoms with Gasteiger partial charge in [0.15, 0.2) is 0 Å². The lowest BCUT2D eigenvalue weighted by molar-refractivity contribution is -0.185. The number of alkyl carbamates (subject to hydrolysis) is 1. The number of amides is 2. The summed E-state index contributed by atoms with van der Waals surface area (Å²) in [5.41, 5.74) is -0.282. The van der Waals surface area contributed by atoms with Gasteiger partial charge in [0.1, 0.15) is 5.60 Å². The lowest BCUT2D eigenvalue weighted by Crippen LogP contribution is -2.50. The summed E-state index contributed by atoms with van der Waals surface area (Å²) < 4.78 is 43.1. The first-order valence-corrected chi connectivity index (χ1v) is 7.46. The molecule has 0 heterocycles. The summed E-state index contributed by atoms with van der Waals surface area (Å²) in [5, 5.41) is 2.46. The van der Waals surface area contributed by atoms with E-state index in [-0.39, 0.29) is 13.1 Å². The molecule has 0 spiro atoms. The van der Waals surface area contributed by atoms with Gasteiger partial charge in [-0.15, -0.1) is 6.58 Å². The molecule has 0 aromatic heterocycles. The first-order valence-electron chi connectivity index (χ1n) is 7.46. The predicted octanol–water partition coefficient (Wildman–Crippen LogP) is 3.42. The molecule has 138 valence electrons. The van der Waals surface area contributed by atoms with Gasteiger partial charge in [0.05, 0.1) is 6.04 Å². The van der Waals surface area contributed by atoms with E-state index in [4.69, 9.17) is 4.74 Å². The number of nitrogens with one attached hydrogen (secondary N) is 1. The molecule has 24 heavy (non-hydrogen) atoms. The molecule has 1 atom stereocenters. The Morgan fingerprint density at radius 1 is 1.29 bits per heavy atom. The van der Waals surface area contributed by atoms with Crippen LogP contribution in [0.1, 0.15) is 34.1 Å². The predicted molar refractivity (Wildman–Crippen MR) is 85.4 cm³/mol. The minimum absolute atomic E-state index is 0.304. The zero-order chi connectivity index (χ0) is 19.1. The van der Waals surface area contributed by atoms with E-state index < -0.39 is 29.8 Å². The van der Waals surface area contributed by atoms with Gasteiger partial charge in [0.2, 0.25) is 0 Å². The first-order chi connectivity index (χ1) is 10.8. The van der Waals surface area contributed by atoms with Gasteiger partial charge in [-0.3, -0.25) is 4.79 Å². The largest absolute Gasteiger partial charge is 0.471 e. The topological polar surface area (TPSA) is 58.6 Å². The van der Waals surface area contributed by atoms with Crippen LogP contribution in [0.4, 0.5) is 18.0 Å². The number of carbonyl (C=O) groups excluding carboxylic acids is 2. The van der Waals surface area contributed by atoms with Gasteiger partial charge in [-0.1, -0.05) is 25.2 Å². The van der Waals surface area contributed by atoms with Crippen LogP contribution in [0.25, 0.3) is 0 Å². The molecular weight excluding hydrogens is 325 g/mol. The number of hydrogen-bond donors (Lipinski definition) is 1. The molecule has 0 aliphatic rings. The molecule has 0 saturated heterocycles. The third-order valence-corrected chi connectivity index (χ3v) is 2.92. The molecule has 0 radical (unpaired) electrons. The second kappa shape index (κ2) is 8.75. The Morgan fingerprint density at radius 3 is 2.21 bits per heavy atom. The standard InChI is InChI=1S/C16H25F3N2O3/c1-7-9-21(13(22)16(17,18)19)10-12(11(3)8-2)20-14(23)24-15(4,5)6/h7,12H,1,3,8-10H2,2,4-6H3,(H,20,23)/t12-/m1/s1. The normalized spacial score (nSPS) is 13.0. The van der Waals surface area contributed by atoms with Crippen LogP contribution in [0.15, 0.2) is 24.8 Å². The van der Waals surface area contributed by atoms with E-state index in [0.717, 1.165) is 0 Å². The lowest BCUT2D eigenvalue weighted by atomic mass is 10.1. The van der Waals surface area contributed by atoms with Crippen molar-refractivity contribution >= 4 is 12.0 Å². The number of hydrogen-bond acceptors (Lipinski definition) is 3. The zero-order valence-electron chi connectivity index (χ0n) is 14.5. The molecule has 0 aliphatic heterocycles. The van der Waals surface area contributed by atoms with Gasteiger partial charge in [0, 0.05) is 13.1 Å². The zero-order valence-corrected chi connectivity index (χ0v) is 14.5. The van der Waals surface area contributed by atoms with Crippen molar-refractivity contribution in [3.63, 3.8) is 0 Å². The summed E-state index contributed by atoms with van der Waals surface area (Å²) >= 11 is 0. The van der Waals surface area contributed by atoms with Gasteiger partial charge in [-0.25, -0.2) is 4.79 Å². The van der Waals surface area contributed by atoms with Crippen molar-refractivity contribution in [1.29, 1.82) is 0 Å². The molecule has 8 heteroatoms. The van der Waals surface area contributed by atoms with Gasteiger partial charge in [-0.2, -0.15) is 13.2 Å². The molecule has 0 aliphatic carbocycles. The smallest absolute Gasteiger partial charge is 0.444 e. The van der Waals surface area contributed by atoms with E-state index >= 15 is 0 Å². The molecule has 0 bridgehead atoms. The Balaban J connectivity index is 5.22. The molecule has 0 rings (SSSR count). The van der Waals surface area contributed by atoms with Crippen LogP contribution in [0.5, 0.6) is 0 Å². The van der Waals surface area contributed by atoms with Crippen LogP contribution in [0.2, 0.25) is 0 Å². The van der Waals surface area contributed by atoms with Crippen molar-refractivity contribution in [2.24, 2.45) is 0 Å². The molecule has 0 aromatic carbocycles. The van der Waals surface area contributed by atoms with Gasteiger partial charge < -0.3 is 15.0 Å². The van der Waals surface area contributed by atoms with E-state index in [0.29, 0.717) is 16.9 Å². The number of rotatable bonds is 7. The number of carbonyl (C=O) groups is 2. The maximum atomic E-state index is 12.7. The molecule has 0 fully saturated rings. The number of ether oxygens (including phenoxy) is 1. The lowest BCUT2D eigenvalue weighted by Gasteiger charge is -2.30. The second-order valence-corrected chi connectivity index (χ2v) is 6.21. The van der Waals surface area contributed by atoms with E-state index in [1.54, 1.807) is 27.7 Å². The molecule has 5 nitrogen and oxygen atoms in total. The van der Waals surface area contributed by atoms with Crippen molar-refractivity contribution in [2.45, 2.75) is 51.9 Å². The van der Waals surface area contributed by atoms with Crippen molar-refractivity contribution < 1.29 is 27.5 Å². The van der Waals surface area contributed by atoms with E-state index in [1.807, 2.05) is 0 Å². The number of alkyl halides is 3. The fraction of sp³-hybridized carbons (Fsp3) is 0.625. The molecule has 0 aromatic rings. The van der Waals surface area contributed by atoms with Gasteiger partial charge in [0.25, 0.3) is 0 Å². The Bertz CT molecular complexity index is 482. The minimum Gasteiger partial charge on any atom is -0.444 e. The summed E-state index contributed by atoms with van der Waals surface area (Å²) in [6.07, 6.45) is -4.20. The maximum Gasteiger partial charge on any atom is 0.471 e. The molecule has 1 N–H and O–H groups in total. The van der Waals surface area contributed by atoms with E-state index in [2.05, 4.69) is 18.5 Å². The van der Waals surface area contributed by atoms with Gasteiger partial charge >= 0.3 is 18.2 Å². The van der Waals surface area contributed by atoms with Crippen molar-refractivity contribution in [3.8, 4) is 0 Å². The number of halogens is 3. The Labute approximate surface area is 140 Å². The minimum atomic E-state index is -5.01. The fourth-order valence-corrected chi connectivity index (χ4v) is 1.77. The highest BCUT2D eigenvalue weighted by molar-refractivity contribution is 5.82. The quantitative estimate of drug-likeness (QED) is 0.716. The highest BCUT2D eigenvalue weighted by atomic mass is 19.4. The Morgan fingerprint density at radius 2 is 1.83 bits per heavy atom. The first kappa shape index (κ1) is 22.0. The van der Waals surface area contributed by atoms with Crippen LogP contribution in [-0.4, -0.2) is 47.8 Å². The Hall–Kier alpha value is -1.99. The summed E-state index contributed by atoms with van der Waals surface area (Å²) in [6.45, 7) is 13.1. The average molecular weight is 350 g/mol. The Kier molecular flexibility index (Phi) is 8.02. The van der Waals surface area contributed by atoms with Crippen molar-refractivity contribution in [2.75, 3.05) is 13.1 Å². The SMILES string of the molecule is C=CCN(C[C@@H](NC(=O)OC(C)(C)C)C(=C)CC)C(=O)C(F)(F)F. The van der Waals surface area contributed by atoms with E-state index in [1.165, 1.54) is 6.08 Å². The molecule has 0 unspecified atom stereocenters. The number of nitrogens with zero attached hydrogens (tertiary/aromatic N) is 1. The van der Waals surface area contributed by atoms with Crippen LogP contribution >= 0.6 is 0 Å². The van der Waals surface area contributed by atoms with Crippen molar-refractivity contribution in [3.05, 3.63) is 24.8 Å². The summed E-state index contributed by atoms with van der Waals surface area (Å²) in [4.78, 5) is 23.9. The van der Waals surface area contributed by atoms with Gasteiger partial charge in [-0.05, 0) is 27.2 Å². The van der Waals surface area contributed by atoms with E-state index in [9.17, 15) is 22.8 Å². The summed E-state index contributed by atoms with van der Waals surface area (Å²) in [6, 6.07) is -0.865. The maximum absolute atomic E-state index is 12.7. The van der Waals surface area contributed by atoms with Crippen molar-refractivity contribution in [1.82, 2.24) is 10.2 Å². The van der Waals surface area contributed by atoms with Crippen LogP contribution in [-0.2, 0) is 9.53 Å². The highest BCUT2D eigenvalue weighted by Crippen LogP contribution is 2.20. The molecule has 0 saturated carbocycles. The third kappa shape index (κ3) is 8.03. The summed E-state index contributed by atoms with van der Waals surface area (Å²) in [5.74, 6) is -2.00. The van der Waals surface area contributed by atoms with Crippen LogP contribution in [0, 0.1) is 0 Å². The monoisotopic (exact) mass is 350 g/mol. The third-order valence-electron chi connectivity index (χ3n) is 2.92. The second-order valence-electron chi connectivity index (χ2n) is 6.21. The average Bonchev–Trinajstić information content (AvgIpc) is 2.41. The van der Waals surface area contributed by atoms with Crippen LogP contribution < -0.4 is 5.32 Å².